The van der Waals surface area contributed by atoms with Crippen LogP contribution >= 0.6 is 0 Å². The van der Waals surface area contributed by atoms with Gasteiger partial charge in [-0.05, 0) is 79.1 Å². The highest BCUT2D eigenvalue weighted by atomic mass is 32.2. The van der Waals surface area contributed by atoms with Crippen LogP contribution in [-0.2, 0) is 14.8 Å². The molecule has 1 fully saturated rings. The van der Waals surface area contributed by atoms with E-state index in [0.717, 1.165) is 11.3 Å². The lowest BCUT2D eigenvalue weighted by Crippen LogP contribution is -2.41. The number of nitrogens with zero attached hydrogens (tertiary/aromatic N) is 5. The number of hydrogen-bond acceptors (Lipinski definition) is 7. The van der Waals surface area contributed by atoms with Gasteiger partial charge in [0.25, 0.3) is 0 Å². The summed E-state index contributed by atoms with van der Waals surface area (Å²) in [6.45, 7) is 4.32. The fourth-order valence-corrected chi connectivity index (χ4v) is 5.34. The molecule has 1 amide bonds. The number of aryl methyl sites for hydroxylation is 2. The highest BCUT2D eigenvalue weighted by Crippen LogP contribution is 2.27. The van der Waals surface area contributed by atoms with Crippen molar-refractivity contribution in [1.82, 2.24) is 24.5 Å². The molecule has 0 radical (unpaired) electrons. The molecule has 0 bridgehead atoms. The molecule has 2 aromatic carbocycles. The van der Waals surface area contributed by atoms with Crippen LogP contribution in [0.5, 0.6) is 5.75 Å². The van der Waals surface area contributed by atoms with E-state index in [1.807, 2.05) is 25.1 Å². The van der Waals surface area contributed by atoms with Crippen molar-refractivity contribution in [1.29, 1.82) is 0 Å². The van der Waals surface area contributed by atoms with Crippen LogP contribution in [-0.4, -0.2) is 59.0 Å². The molecule has 10 nitrogen and oxygen atoms in total. The summed E-state index contributed by atoms with van der Waals surface area (Å²) in [4.78, 5) is 13.1. The van der Waals surface area contributed by atoms with E-state index >= 15 is 0 Å². The second-order valence-electron chi connectivity index (χ2n) is 7.98. The van der Waals surface area contributed by atoms with Crippen molar-refractivity contribution in [3.63, 3.8) is 0 Å². The molecule has 1 aliphatic heterocycles. The summed E-state index contributed by atoms with van der Waals surface area (Å²) >= 11 is 0. The van der Waals surface area contributed by atoms with Crippen LogP contribution in [0.25, 0.3) is 5.69 Å². The number of amides is 1. The molecule has 0 unspecified atom stereocenters. The van der Waals surface area contributed by atoms with Crippen LogP contribution in [0.3, 0.4) is 0 Å². The van der Waals surface area contributed by atoms with Gasteiger partial charge in [-0.25, -0.2) is 8.42 Å². The number of sulfonamides is 1. The summed E-state index contributed by atoms with van der Waals surface area (Å²) in [5, 5.41) is 14.5. The lowest BCUT2D eigenvalue weighted by molar-refractivity contribution is -0.120. The maximum atomic E-state index is 12.9. The van der Waals surface area contributed by atoms with Gasteiger partial charge in [0.1, 0.15) is 5.75 Å². The largest absolute Gasteiger partial charge is 0.497 e. The predicted octanol–water partition coefficient (Wildman–Crippen LogP) is 2.33. The van der Waals surface area contributed by atoms with Crippen LogP contribution in [0, 0.1) is 19.8 Å². The number of methoxy groups -OCH3 is 1. The molecule has 0 saturated carbocycles. The number of tetrazole rings is 1. The van der Waals surface area contributed by atoms with E-state index in [-0.39, 0.29) is 29.8 Å². The van der Waals surface area contributed by atoms with Crippen LogP contribution in [0.2, 0.25) is 0 Å². The molecule has 33 heavy (non-hydrogen) atoms. The highest BCUT2D eigenvalue weighted by Gasteiger charge is 2.32. The summed E-state index contributed by atoms with van der Waals surface area (Å²) in [6, 6.07) is 11.9. The van der Waals surface area contributed by atoms with Crippen molar-refractivity contribution in [2.75, 3.05) is 25.5 Å². The topological polar surface area (TPSA) is 119 Å². The molecule has 1 saturated heterocycles. The molecule has 0 atom stereocenters. The molecule has 3 aromatic rings. The summed E-state index contributed by atoms with van der Waals surface area (Å²) < 4.78 is 34.0. The molecule has 2 heterocycles. The van der Waals surface area contributed by atoms with Gasteiger partial charge in [-0.15, -0.1) is 5.10 Å². The highest BCUT2D eigenvalue weighted by molar-refractivity contribution is 7.89. The average molecular weight is 471 g/mol. The summed E-state index contributed by atoms with van der Waals surface area (Å²) in [7, 11) is -2.08. The van der Waals surface area contributed by atoms with Crippen molar-refractivity contribution in [3.05, 3.63) is 53.9 Å². The van der Waals surface area contributed by atoms with Gasteiger partial charge in [0.15, 0.2) is 5.82 Å². The summed E-state index contributed by atoms with van der Waals surface area (Å²) in [5.74, 6) is 0.845. The van der Waals surface area contributed by atoms with Gasteiger partial charge < -0.3 is 10.1 Å². The zero-order chi connectivity index (χ0) is 23.6. The molecule has 174 valence electrons. The minimum atomic E-state index is -3.61. The number of rotatable bonds is 6. The summed E-state index contributed by atoms with van der Waals surface area (Å²) in [5.41, 5.74) is 2.40. The lowest BCUT2D eigenvalue weighted by Gasteiger charge is -2.30. The quantitative estimate of drug-likeness (QED) is 0.587. The molecular formula is C22H26N6O4S. The Balaban J connectivity index is 1.40. The predicted molar refractivity (Wildman–Crippen MR) is 122 cm³/mol. The first-order valence-corrected chi connectivity index (χ1v) is 12.0. The Morgan fingerprint density at radius 2 is 1.79 bits per heavy atom. The third kappa shape index (κ3) is 4.74. The Labute approximate surface area is 192 Å². The van der Waals surface area contributed by atoms with Gasteiger partial charge in [-0.1, -0.05) is 6.07 Å². The van der Waals surface area contributed by atoms with Crippen molar-refractivity contribution < 1.29 is 17.9 Å². The van der Waals surface area contributed by atoms with Gasteiger partial charge in [0.05, 0.1) is 17.7 Å². The summed E-state index contributed by atoms with van der Waals surface area (Å²) in [6.07, 6.45) is 0.901. The van der Waals surface area contributed by atoms with Crippen molar-refractivity contribution in [2.24, 2.45) is 5.92 Å². The minimum Gasteiger partial charge on any atom is -0.497 e. The Hall–Kier alpha value is -3.31. The molecule has 0 spiro atoms. The number of carbonyl (C=O) groups is 1. The molecule has 0 aliphatic carbocycles. The second-order valence-corrected chi connectivity index (χ2v) is 9.92. The van der Waals surface area contributed by atoms with Gasteiger partial charge in [0.2, 0.25) is 15.9 Å². The SMILES string of the molecule is COc1ccc(S(=O)(=O)N2CCC(C(=O)Nc3ccc(C)c(-n4nnnc4C)c3)CC2)cc1. The van der Waals surface area contributed by atoms with E-state index in [1.165, 1.54) is 23.5 Å². The Morgan fingerprint density at radius 3 is 2.39 bits per heavy atom. The number of ether oxygens (including phenoxy) is 1. The molecule has 1 aromatic heterocycles. The van der Waals surface area contributed by atoms with Gasteiger partial charge in [-0.2, -0.15) is 8.99 Å². The van der Waals surface area contributed by atoms with Crippen LogP contribution in [0.4, 0.5) is 5.69 Å². The molecule has 1 aliphatic rings. The molecular weight excluding hydrogens is 444 g/mol. The lowest BCUT2D eigenvalue weighted by atomic mass is 9.97. The van der Waals surface area contributed by atoms with E-state index < -0.39 is 10.0 Å². The third-order valence-electron chi connectivity index (χ3n) is 5.85. The number of benzene rings is 2. The molecule has 11 heteroatoms. The Morgan fingerprint density at radius 1 is 1.09 bits per heavy atom. The average Bonchev–Trinajstić information content (AvgIpc) is 3.26. The van der Waals surface area contributed by atoms with E-state index in [0.29, 0.717) is 30.1 Å². The van der Waals surface area contributed by atoms with E-state index in [9.17, 15) is 13.2 Å². The zero-order valence-electron chi connectivity index (χ0n) is 18.7. The standard InChI is InChI=1S/C22H26N6O4S/c1-15-4-5-18(14-21(15)28-16(2)24-25-26-28)23-22(29)17-10-12-27(13-11-17)33(30,31)20-8-6-19(32-3)7-9-20/h4-9,14,17H,10-13H2,1-3H3,(H,23,29). The second kappa shape index (κ2) is 9.28. The molecule has 1 N–H and O–H groups in total. The van der Waals surface area contributed by atoms with Gasteiger partial charge in [-0.3, -0.25) is 4.79 Å². The monoisotopic (exact) mass is 470 g/mol. The number of carbonyl (C=O) groups excluding carboxylic acids is 1. The van der Waals surface area contributed by atoms with Crippen molar-refractivity contribution >= 4 is 21.6 Å². The Kier molecular flexibility index (Phi) is 6.43. The third-order valence-corrected chi connectivity index (χ3v) is 7.77. The Bertz CT molecular complexity index is 1250. The van der Waals surface area contributed by atoms with E-state index in [4.69, 9.17) is 4.74 Å². The number of anilines is 1. The van der Waals surface area contributed by atoms with Gasteiger partial charge >= 0.3 is 0 Å². The first-order chi connectivity index (χ1) is 15.8. The normalized spacial score (nSPS) is 15.4. The number of piperidine rings is 1. The smallest absolute Gasteiger partial charge is 0.243 e. The maximum Gasteiger partial charge on any atom is 0.243 e. The van der Waals surface area contributed by atoms with Crippen LogP contribution in [0.15, 0.2) is 47.4 Å². The van der Waals surface area contributed by atoms with Crippen LogP contribution < -0.4 is 10.1 Å². The number of hydrogen-bond donors (Lipinski definition) is 1. The van der Waals surface area contributed by atoms with Crippen molar-refractivity contribution in [3.8, 4) is 11.4 Å². The fourth-order valence-electron chi connectivity index (χ4n) is 3.87. The number of aromatic nitrogens is 4. The molecule has 4 rings (SSSR count). The fraction of sp³-hybridized carbons (Fsp3) is 0.364. The van der Waals surface area contributed by atoms with E-state index in [1.54, 1.807) is 23.7 Å². The van der Waals surface area contributed by atoms with E-state index in [2.05, 4.69) is 20.8 Å². The minimum absolute atomic E-state index is 0.125. The number of nitrogens with one attached hydrogen (secondary N) is 1. The first-order valence-electron chi connectivity index (χ1n) is 10.6. The van der Waals surface area contributed by atoms with Crippen LogP contribution in [0.1, 0.15) is 24.2 Å². The first kappa shape index (κ1) is 22.9. The van der Waals surface area contributed by atoms with Gasteiger partial charge in [0, 0.05) is 24.7 Å². The van der Waals surface area contributed by atoms with Crippen molar-refractivity contribution in [2.45, 2.75) is 31.6 Å². The maximum absolute atomic E-state index is 12.9. The zero-order valence-corrected chi connectivity index (χ0v) is 19.5.